The Kier molecular flexibility index (Phi) is 5.98. The van der Waals surface area contributed by atoms with Crippen molar-refractivity contribution in [2.45, 2.75) is 74.7 Å². The Morgan fingerprint density at radius 1 is 0.903 bits per heavy atom. The summed E-state index contributed by atoms with van der Waals surface area (Å²) in [6.45, 7) is 18.0. The molecule has 0 radical (unpaired) electrons. The Labute approximate surface area is 188 Å². The van der Waals surface area contributed by atoms with Gasteiger partial charge in [0.05, 0.1) is 0 Å². The lowest BCUT2D eigenvalue weighted by molar-refractivity contribution is 0.175. The number of hydrogen-bond acceptors (Lipinski definition) is 3. The van der Waals surface area contributed by atoms with Crippen LogP contribution in [0.3, 0.4) is 0 Å². The average Bonchev–Trinajstić information content (AvgIpc) is 2.93. The third-order valence-corrected chi connectivity index (χ3v) is 8.13. The van der Waals surface area contributed by atoms with E-state index in [1.54, 1.807) is 4.80 Å². The summed E-state index contributed by atoms with van der Waals surface area (Å²) in [6.07, 6.45) is 19.9. The Balaban J connectivity index is 1.95. The van der Waals surface area contributed by atoms with E-state index in [9.17, 15) is 5.11 Å². The topological polar surface area (TPSA) is 50.9 Å². The summed E-state index contributed by atoms with van der Waals surface area (Å²) in [7, 11) is 0. The molecule has 31 heavy (non-hydrogen) atoms. The van der Waals surface area contributed by atoms with Gasteiger partial charge in [0.2, 0.25) is 0 Å². The van der Waals surface area contributed by atoms with E-state index in [-0.39, 0.29) is 27.4 Å². The molecule has 2 aliphatic rings. The van der Waals surface area contributed by atoms with Gasteiger partial charge in [0.25, 0.3) is 0 Å². The standard InChI is InChI=1S/C27H39N3O/c1-9-15-25(5,6)27(8)16-11-12-22(23(31)19-27)30-28-20-13-17-26(7,24(3,4)10-2)18-14-21(20)29-30/h11-14,16-19,31H,9-10,15H2,1-8H3. The van der Waals surface area contributed by atoms with Crippen LogP contribution in [-0.2, 0) is 0 Å². The molecule has 1 unspecified atom stereocenters. The van der Waals surface area contributed by atoms with E-state index in [1.807, 2.05) is 18.2 Å². The molecule has 1 N–H and O–H groups in total. The fourth-order valence-corrected chi connectivity index (χ4v) is 4.38. The molecule has 3 rings (SSSR count). The van der Waals surface area contributed by atoms with E-state index in [4.69, 9.17) is 10.2 Å². The molecule has 0 aromatic carbocycles. The maximum atomic E-state index is 11.0. The van der Waals surface area contributed by atoms with Crippen LogP contribution < -0.4 is 0 Å². The third-order valence-electron chi connectivity index (χ3n) is 8.13. The number of fused-ring (bicyclic) bond motifs is 1. The van der Waals surface area contributed by atoms with Crippen molar-refractivity contribution in [1.82, 2.24) is 15.0 Å². The van der Waals surface area contributed by atoms with E-state index in [2.05, 4.69) is 85.8 Å². The SMILES string of the molecule is CCCC(C)(C)C1(C)C=CC=C(n2nc3c(n2)C=CC(C)(C(C)(C)CC)C=C3)C(O)=C1. The molecule has 0 bridgehead atoms. The van der Waals surface area contributed by atoms with Crippen LogP contribution in [0, 0.1) is 21.7 Å². The summed E-state index contributed by atoms with van der Waals surface area (Å²) in [5, 5.41) is 20.4. The zero-order valence-corrected chi connectivity index (χ0v) is 20.5. The molecule has 1 aromatic heterocycles. The molecule has 4 heteroatoms. The highest BCUT2D eigenvalue weighted by molar-refractivity contribution is 5.67. The monoisotopic (exact) mass is 421 g/mol. The summed E-state index contributed by atoms with van der Waals surface area (Å²) in [6, 6.07) is 0. The van der Waals surface area contributed by atoms with Gasteiger partial charge in [-0.15, -0.1) is 15.0 Å². The third kappa shape index (κ3) is 4.09. The van der Waals surface area contributed by atoms with Crippen LogP contribution in [0.4, 0.5) is 0 Å². The molecule has 0 fully saturated rings. The van der Waals surface area contributed by atoms with Gasteiger partial charge in [0.15, 0.2) is 0 Å². The van der Waals surface area contributed by atoms with Gasteiger partial charge in [0.1, 0.15) is 22.8 Å². The molecule has 0 spiro atoms. The minimum Gasteiger partial charge on any atom is -0.506 e. The van der Waals surface area contributed by atoms with Gasteiger partial charge in [-0.1, -0.05) is 86.1 Å². The second kappa shape index (κ2) is 7.96. The second-order valence-electron chi connectivity index (χ2n) is 10.8. The number of aliphatic hydroxyl groups excluding tert-OH is 1. The summed E-state index contributed by atoms with van der Waals surface area (Å²) < 4.78 is 0. The number of aromatic nitrogens is 3. The average molecular weight is 422 g/mol. The van der Waals surface area contributed by atoms with Crippen molar-refractivity contribution in [1.29, 1.82) is 0 Å². The second-order valence-corrected chi connectivity index (χ2v) is 10.8. The van der Waals surface area contributed by atoms with Crippen LogP contribution in [0.1, 0.15) is 86.0 Å². The minimum atomic E-state index is -0.261. The number of aliphatic hydroxyl groups is 1. The lowest BCUT2D eigenvalue weighted by Crippen LogP contribution is -2.32. The van der Waals surface area contributed by atoms with E-state index >= 15 is 0 Å². The van der Waals surface area contributed by atoms with Gasteiger partial charge in [-0.2, -0.15) is 0 Å². The zero-order chi connectivity index (χ0) is 23.1. The highest BCUT2D eigenvalue weighted by atomic mass is 16.3. The molecule has 1 atom stereocenters. The van der Waals surface area contributed by atoms with Crippen LogP contribution in [-0.4, -0.2) is 20.1 Å². The number of nitrogens with zero attached hydrogens (tertiary/aromatic N) is 3. The quantitative estimate of drug-likeness (QED) is 0.519. The highest BCUT2D eigenvalue weighted by Crippen LogP contribution is 2.47. The minimum absolute atomic E-state index is 0.0201. The molecular formula is C27H39N3O. The molecular weight excluding hydrogens is 382 g/mol. The molecule has 168 valence electrons. The van der Waals surface area contributed by atoms with Gasteiger partial charge < -0.3 is 5.11 Å². The van der Waals surface area contributed by atoms with Gasteiger partial charge in [-0.25, -0.2) is 0 Å². The Morgan fingerprint density at radius 3 is 2.00 bits per heavy atom. The van der Waals surface area contributed by atoms with Crippen molar-refractivity contribution in [2.24, 2.45) is 21.7 Å². The fourth-order valence-electron chi connectivity index (χ4n) is 4.38. The number of hydrogen-bond donors (Lipinski definition) is 1. The maximum Gasteiger partial charge on any atom is 0.139 e. The first-order chi connectivity index (χ1) is 14.4. The normalized spacial score (nSPS) is 23.1. The summed E-state index contributed by atoms with van der Waals surface area (Å²) in [5.41, 5.74) is 2.06. The molecule has 0 saturated heterocycles. The van der Waals surface area contributed by atoms with Gasteiger partial charge in [-0.3, -0.25) is 0 Å². The van der Waals surface area contributed by atoms with Crippen LogP contribution in [0.15, 0.2) is 42.2 Å². The highest BCUT2D eigenvalue weighted by Gasteiger charge is 2.39. The largest absolute Gasteiger partial charge is 0.506 e. The predicted molar refractivity (Wildman–Crippen MR) is 131 cm³/mol. The van der Waals surface area contributed by atoms with Crippen molar-refractivity contribution in [3.63, 3.8) is 0 Å². The van der Waals surface area contributed by atoms with Gasteiger partial charge >= 0.3 is 0 Å². The fraction of sp³-hybridized carbons (Fsp3) is 0.556. The van der Waals surface area contributed by atoms with Crippen LogP contribution in [0.25, 0.3) is 17.8 Å². The van der Waals surface area contributed by atoms with Crippen molar-refractivity contribution in [3.05, 3.63) is 53.6 Å². The van der Waals surface area contributed by atoms with E-state index in [1.165, 1.54) is 0 Å². The Hall–Kier alpha value is -2.36. The van der Waals surface area contributed by atoms with E-state index < -0.39 is 0 Å². The van der Waals surface area contributed by atoms with Gasteiger partial charge in [-0.05, 0) is 48.0 Å². The lowest BCUT2D eigenvalue weighted by atomic mass is 9.64. The number of allylic oxidation sites excluding steroid dienone is 7. The lowest BCUT2D eigenvalue weighted by Gasteiger charge is -2.40. The molecule has 1 aromatic rings. The molecule has 1 heterocycles. The summed E-state index contributed by atoms with van der Waals surface area (Å²) in [5.74, 6) is 0.215. The maximum absolute atomic E-state index is 11.0. The van der Waals surface area contributed by atoms with Crippen LogP contribution >= 0.6 is 0 Å². The van der Waals surface area contributed by atoms with Crippen molar-refractivity contribution >= 4 is 17.8 Å². The van der Waals surface area contributed by atoms with E-state index in [0.717, 1.165) is 30.7 Å². The summed E-state index contributed by atoms with van der Waals surface area (Å²) in [4.78, 5) is 1.56. The first kappa shape index (κ1) is 23.3. The Bertz CT molecular complexity index is 953. The smallest absolute Gasteiger partial charge is 0.139 e. The molecule has 0 aliphatic heterocycles. The number of rotatable bonds is 6. The first-order valence-corrected chi connectivity index (χ1v) is 11.6. The van der Waals surface area contributed by atoms with Crippen LogP contribution in [0.2, 0.25) is 0 Å². The predicted octanol–water partition coefficient (Wildman–Crippen LogP) is 7.45. The Morgan fingerprint density at radius 2 is 1.48 bits per heavy atom. The van der Waals surface area contributed by atoms with Crippen molar-refractivity contribution in [2.75, 3.05) is 0 Å². The zero-order valence-electron chi connectivity index (χ0n) is 20.5. The van der Waals surface area contributed by atoms with E-state index in [0.29, 0.717) is 5.70 Å². The van der Waals surface area contributed by atoms with Gasteiger partial charge in [0, 0.05) is 10.8 Å². The molecule has 4 nitrogen and oxygen atoms in total. The molecule has 0 amide bonds. The molecule has 0 saturated carbocycles. The first-order valence-electron chi connectivity index (χ1n) is 11.6. The van der Waals surface area contributed by atoms with Crippen molar-refractivity contribution < 1.29 is 5.11 Å². The molecule has 2 aliphatic carbocycles. The summed E-state index contributed by atoms with van der Waals surface area (Å²) >= 11 is 0. The van der Waals surface area contributed by atoms with Crippen molar-refractivity contribution in [3.8, 4) is 0 Å². The van der Waals surface area contributed by atoms with Crippen LogP contribution in [0.5, 0.6) is 0 Å².